The van der Waals surface area contributed by atoms with E-state index in [4.69, 9.17) is 0 Å². The second kappa shape index (κ2) is 5.04. The molecule has 98 valence electrons. The van der Waals surface area contributed by atoms with E-state index in [0.29, 0.717) is 5.92 Å². The lowest BCUT2D eigenvalue weighted by Gasteiger charge is -2.10. The van der Waals surface area contributed by atoms with Crippen LogP contribution in [0, 0.1) is 5.92 Å². The van der Waals surface area contributed by atoms with Gasteiger partial charge in [-0.1, -0.05) is 38.1 Å². The van der Waals surface area contributed by atoms with Crippen LogP contribution in [0.4, 0.5) is 0 Å². The summed E-state index contributed by atoms with van der Waals surface area (Å²) in [5, 5.41) is 2.76. The Morgan fingerprint density at radius 2 is 2.21 bits per heavy atom. The third kappa shape index (κ3) is 2.48. The standard InChI is InChI=1S/C17H20N2/c1-3-17-18-8-9-19(17)12-14-5-7-15-10-13(2)4-6-16(15)11-14/h5-11,13H,3-4,12H2,1-2H3. The molecule has 2 heteroatoms. The Labute approximate surface area is 114 Å². The summed E-state index contributed by atoms with van der Waals surface area (Å²) in [7, 11) is 0. The number of imidazole rings is 1. The molecule has 1 aromatic heterocycles. The first-order valence-electron chi connectivity index (χ1n) is 7.07. The summed E-state index contributed by atoms with van der Waals surface area (Å²) in [6, 6.07) is 6.80. The third-order valence-electron chi connectivity index (χ3n) is 3.80. The molecule has 0 aliphatic heterocycles. The molecule has 1 heterocycles. The third-order valence-corrected chi connectivity index (χ3v) is 3.80. The molecule has 0 saturated carbocycles. The molecule has 0 N–H and O–H groups in total. The lowest BCUT2D eigenvalue weighted by Crippen LogP contribution is -2.29. The fourth-order valence-corrected chi connectivity index (χ4v) is 2.73. The van der Waals surface area contributed by atoms with Gasteiger partial charge in [-0.05, 0) is 34.4 Å². The van der Waals surface area contributed by atoms with Gasteiger partial charge in [0.2, 0.25) is 0 Å². The topological polar surface area (TPSA) is 17.8 Å². The summed E-state index contributed by atoms with van der Waals surface area (Å²) in [6.45, 7) is 5.34. The minimum atomic E-state index is 0.665. The number of hydrogen-bond acceptors (Lipinski definition) is 1. The molecule has 0 amide bonds. The molecule has 3 rings (SSSR count). The highest BCUT2D eigenvalue weighted by atomic mass is 15.1. The first-order chi connectivity index (χ1) is 9.26. The minimum absolute atomic E-state index is 0.665. The van der Waals surface area contributed by atoms with E-state index in [9.17, 15) is 0 Å². The van der Waals surface area contributed by atoms with Crippen LogP contribution in [-0.4, -0.2) is 9.55 Å². The lowest BCUT2D eigenvalue weighted by atomic mass is 9.98. The number of aryl methyl sites for hydroxylation is 1. The fraction of sp³-hybridized carbons (Fsp3) is 0.353. The highest BCUT2D eigenvalue weighted by Gasteiger charge is 2.04. The SMILES string of the molecule is CCc1nccn1Cc1ccc2c(c1)=CCC(C)C=2. The van der Waals surface area contributed by atoms with Crippen LogP contribution < -0.4 is 10.4 Å². The van der Waals surface area contributed by atoms with Gasteiger partial charge in [-0.15, -0.1) is 0 Å². The fourth-order valence-electron chi connectivity index (χ4n) is 2.73. The van der Waals surface area contributed by atoms with Gasteiger partial charge in [0.1, 0.15) is 5.82 Å². The number of fused-ring (bicyclic) bond motifs is 1. The van der Waals surface area contributed by atoms with Crippen molar-refractivity contribution >= 4 is 12.2 Å². The van der Waals surface area contributed by atoms with Gasteiger partial charge in [-0.3, -0.25) is 0 Å². The first kappa shape index (κ1) is 12.2. The van der Waals surface area contributed by atoms with Gasteiger partial charge >= 0.3 is 0 Å². The van der Waals surface area contributed by atoms with E-state index in [0.717, 1.165) is 25.2 Å². The average molecular weight is 252 g/mol. The van der Waals surface area contributed by atoms with Crippen molar-refractivity contribution in [2.24, 2.45) is 5.92 Å². The zero-order valence-corrected chi connectivity index (χ0v) is 11.6. The molecule has 1 unspecified atom stereocenters. The smallest absolute Gasteiger partial charge is 0.108 e. The molecule has 0 radical (unpaired) electrons. The zero-order valence-electron chi connectivity index (χ0n) is 11.6. The second-order valence-electron chi connectivity index (χ2n) is 5.37. The Morgan fingerprint density at radius 1 is 1.32 bits per heavy atom. The van der Waals surface area contributed by atoms with E-state index in [1.54, 1.807) is 0 Å². The van der Waals surface area contributed by atoms with Crippen molar-refractivity contribution in [2.45, 2.75) is 33.2 Å². The molecule has 0 bridgehead atoms. The van der Waals surface area contributed by atoms with Crippen molar-refractivity contribution in [2.75, 3.05) is 0 Å². The quantitative estimate of drug-likeness (QED) is 0.818. The van der Waals surface area contributed by atoms with Crippen molar-refractivity contribution in [3.8, 4) is 0 Å². The normalized spacial score (nSPS) is 17.5. The summed E-state index contributed by atoms with van der Waals surface area (Å²) in [5.74, 6) is 1.82. The van der Waals surface area contributed by atoms with Crippen LogP contribution in [-0.2, 0) is 13.0 Å². The van der Waals surface area contributed by atoms with E-state index in [1.807, 2.05) is 6.20 Å². The molecule has 1 atom stereocenters. The maximum Gasteiger partial charge on any atom is 0.108 e. The van der Waals surface area contributed by atoms with Crippen molar-refractivity contribution in [3.05, 3.63) is 52.4 Å². The van der Waals surface area contributed by atoms with E-state index >= 15 is 0 Å². The zero-order chi connectivity index (χ0) is 13.2. The Morgan fingerprint density at radius 3 is 3.05 bits per heavy atom. The van der Waals surface area contributed by atoms with Gasteiger partial charge in [0.25, 0.3) is 0 Å². The van der Waals surface area contributed by atoms with Crippen LogP contribution >= 0.6 is 0 Å². The molecule has 0 fully saturated rings. The molecule has 1 aromatic carbocycles. The number of aromatic nitrogens is 2. The van der Waals surface area contributed by atoms with Gasteiger partial charge in [0.15, 0.2) is 0 Å². The largest absolute Gasteiger partial charge is 0.331 e. The van der Waals surface area contributed by atoms with Crippen LogP contribution in [0.2, 0.25) is 0 Å². The maximum absolute atomic E-state index is 4.38. The van der Waals surface area contributed by atoms with Gasteiger partial charge in [-0.2, -0.15) is 0 Å². The predicted octanol–water partition coefficient (Wildman–Crippen LogP) is 2.09. The second-order valence-corrected chi connectivity index (χ2v) is 5.37. The Balaban J connectivity index is 1.94. The van der Waals surface area contributed by atoms with Crippen molar-refractivity contribution in [3.63, 3.8) is 0 Å². The highest BCUT2D eigenvalue weighted by molar-refractivity contribution is 5.41. The number of rotatable bonds is 3. The Bertz CT molecular complexity index is 694. The van der Waals surface area contributed by atoms with Crippen molar-refractivity contribution < 1.29 is 0 Å². The molecule has 1 aliphatic rings. The van der Waals surface area contributed by atoms with E-state index in [1.165, 1.54) is 16.0 Å². The molecule has 2 nitrogen and oxygen atoms in total. The van der Waals surface area contributed by atoms with Gasteiger partial charge in [-0.25, -0.2) is 4.98 Å². The minimum Gasteiger partial charge on any atom is -0.331 e. The highest BCUT2D eigenvalue weighted by Crippen LogP contribution is 2.08. The summed E-state index contributed by atoms with van der Waals surface area (Å²) >= 11 is 0. The Hall–Kier alpha value is -1.83. The van der Waals surface area contributed by atoms with Crippen LogP contribution in [0.5, 0.6) is 0 Å². The molecule has 1 aliphatic carbocycles. The first-order valence-corrected chi connectivity index (χ1v) is 7.07. The van der Waals surface area contributed by atoms with Crippen molar-refractivity contribution in [1.29, 1.82) is 0 Å². The number of hydrogen-bond donors (Lipinski definition) is 0. The van der Waals surface area contributed by atoms with E-state index in [-0.39, 0.29) is 0 Å². The summed E-state index contributed by atoms with van der Waals surface area (Å²) in [6.07, 6.45) is 10.8. The lowest BCUT2D eigenvalue weighted by molar-refractivity contribution is 0.731. The van der Waals surface area contributed by atoms with E-state index in [2.05, 4.69) is 59.9 Å². The van der Waals surface area contributed by atoms with Gasteiger partial charge in [0, 0.05) is 25.4 Å². The van der Waals surface area contributed by atoms with Crippen LogP contribution in [0.25, 0.3) is 12.2 Å². The van der Waals surface area contributed by atoms with Crippen LogP contribution in [0.3, 0.4) is 0 Å². The molecule has 0 saturated heterocycles. The van der Waals surface area contributed by atoms with Gasteiger partial charge in [0.05, 0.1) is 0 Å². The Kier molecular flexibility index (Phi) is 3.24. The van der Waals surface area contributed by atoms with Crippen LogP contribution in [0.15, 0.2) is 30.6 Å². The molecule has 0 spiro atoms. The molecular formula is C17H20N2. The summed E-state index contributed by atoms with van der Waals surface area (Å²) in [4.78, 5) is 4.38. The summed E-state index contributed by atoms with van der Waals surface area (Å²) < 4.78 is 2.23. The number of nitrogens with zero attached hydrogens (tertiary/aromatic N) is 2. The number of benzene rings is 1. The van der Waals surface area contributed by atoms with Gasteiger partial charge < -0.3 is 4.57 Å². The van der Waals surface area contributed by atoms with Crippen LogP contribution in [0.1, 0.15) is 31.7 Å². The maximum atomic E-state index is 4.38. The molecule has 19 heavy (non-hydrogen) atoms. The monoisotopic (exact) mass is 252 g/mol. The summed E-state index contributed by atoms with van der Waals surface area (Å²) in [5.41, 5.74) is 1.35. The van der Waals surface area contributed by atoms with E-state index < -0.39 is 0 Å². The predicted molar refractivity (Wildman–Crippen MR) is 79.1 cm³/mol. The van der Waals surface area contributed by atoms with Crippen molar-refractivity contribution in [1.82, 2.24) is 9.55 Å². The molecular weight excluding hydrogens is 232 g/mol. The molecule has 2 aromatic rings. The average Bonchev–Trinajstić information content (AvgIpc) is 2.86.